The number of para-hydroxylation sites is 1. The number of benzene rings is 2. The summed E-state index contributed by atoms with van der Waals surface area (Å²) in [5.74, 6) is -2.73. The van der Waals surface area contributed by atoms with Crippen LogP contribution >= 0.6 is 0 Å². The van der Waals surface area contributed by atoms with Gasteiger partial charge in [0, 0.05) is 35.3 Å². The molecule has 1 aliphatic rings. The number of fused-ring (bicyclic) bond motifs is 2. The van der Waals surface area contributed by atoms with Gasteiger partial charge in [0.05, 0.1) is 16.9 Å². The number of imide groups is 1. The SMILES string of the molecule is O=C(CCN1C(=O)c2cccc([N+](=O)[O-])c2C1=O)OCC(=O)c1c[nH]c2ccccc12. The highest BCUT2D eigenvalue weighted by Gasteiger charge is 2.40. The Labute approximate surface area is 174 Å². The minimum absolute atomic E-state index is 0.0814. The number of carbonyl (C=O) groups excluding carboxylic acids is 4. The number of esters is 1. The van der Waals surface area contributed by atoms with Crippen LogP contribution in [-0.2, 0) is 9.53 Å². The molecule has 2 heterocycles. The first-order valence-electron chi connectivity index (χ1n) is 9.27. The second-order valence-electron chi connectivity index (χ2n) is 6.80. The molecule has 3 aromatic rings. The molecular weight excluding hydrogens is 406 g/mol. The fourth-order valence-electron chi connectivity index (χ4n) is 3.47. The smallest absolute Gasteiger partial charge is 0.308 e. The predicted octanol–water partition coefficient (Wildman–Crippen LogP) is 2.49. The topological polar surface area (TPSA) is 140 Å². The van der Waals surface area contributed by atoms with Crippen LogP contribution in [0.3, 0.4) is 0 Å². The normalized spacial score (nSPS) is 12.8. The van der Waals surface area contributed by atoms with Gasteiger partial charge in [-0.2, -0.15) is 0 Å². The Kier molecular flexibility index (Phi) is 5.04. The molecule has 10 heteroatoms. The fourth-order valence-corrected chi connectivity index (χ4v) is 3.47. The van der Waals surface area contributed by atoms with Crippen molar-refractivity contribution in [3.8, 4) is 0 Å². The first-order chi connectivity index (χ1) is 14.9. The zero-order valence-corrected chi connectivity index (χ0v) is 16.0. The summed E-state index contributed by atoms with van der Waals surface area (Å²) in [6.45, 7) is -0.808. The Balaban J connectivity index is 1.36. The molecular formula is C21H15N3O7. The summed E-state index contributed by atoms with van der Waals surface area (Å²) in [6, 6.07) is 11.0. The van der Waals surface area contributed by atoms with Crippen LogP contribution in [0.2, 0.25) is 0 Å². The average Bonchev–Trinajstić information content (AvgIpc) is 3.30. The summed E-state index contributed by atoms with van der Waals surface area (Å²) >= 11 is 0. The fraction of sp³-hybridized carbons (Fsp3) is 0.143. The van der Waals surface area contributed by atoms with E-state index >= 15 is 0 Å². The van der Waals surface area contributed by atoms with E-state index in [1.165, 1.54) is 18.3 Å². The van der Waals surface area contributed by atoms with E-state index in [4.69, 9.17) is 4.74 Å². The van der Waals surface area contributed by atoms with Crippen molar-refractivity contribution in [1.29, 1.82) is 0 Å². The van der Waals surface area contributed by atoms with Gasteiger partial charge in [0.25, 0.3) is 17.5 Å². The number of nitrogens with zero attached hydrogens (tertiary/aromatic N) is 2. The molecule has 1 aliphatic heterocycles. The Morgan fingerprint density at radius 2 is 1.84 bits per heavy atom. The summed E-state index contributed by atoms with van der Waals surface area (Å²) in [6.07, 6.45) is 1.19. The van der Waals surface area contributed by atoms with E-state index in [1.54, 1.807) is 12.1 Å². The molecule has 0 saturated carbocycles. The molecule has 10 nitrogen and oxygen atoms in total. The number of Topliss-reactive ketones (excluding diaryl/α,β-unsaturated/α-hetero) is 1. The number of ketones is 1. The molecule has 0 fully saturated rings. The van der Waals surface area contributed by atoms with Crippen LogP contribution in [0.15, 0.2) is 48.7 Å². The second-order valence-corrected chi connectivity index (χ2v) is 6.80. The summed E-state index contributed by atoms with van der Waals surface area (Å²) in [4.78, 5) is 63.4. The van der Waals surface area contributed by atoms with E-state index in [-0.39, 0.29) is 24.1 Å². The lowest BCUT2D eigenvalue weighted by molar-refractivity contribution is -0.385. The predicted molar refractivity (Wildman–Crippen MR) is 107 cm³/mol. The number of carbonyl (C=O) groups is 4. The minimum Gasteiger partial charge on any atom is -0.457 e. The van der Waals surface area contributed by atoms with Crippen molar-refractivity contribution in [1.82, 2.24) is 9.88 Å². The van der Waals surface area contributed by atoms with Gasteiger partial charge in [0.2, 0.25) is 5.78 Å². The standard InChI is InChI=1S/C21H15N3O7/c25-17(14-10-22-15-6-2-1-4-12(14)15)11-31-18(26)8-9-23-20(27)13-5-3-7-16(24(29)30)19(13)21(23)28/h1-7,10,22H,8-9,11H2. The third-order valence-corrected chi connectivity index (χ3v) is 4.97. The number of aromatic nitrogens is 1. The molecule has 2 aromatic carbocycles. The number of amides is 2. The molecule has 0 saturated heterocycles. The van der Waals surface area contributed by atoms with E-state index in [0.29, 0.717) is 10.9 Å². The number of aromatic amines is 1. The quantitative estimate of drug-likeness (QED) is 0.203. The lowest BCUT2D eigenvalue weighted by Gasteiger charge is -2.12. The number of hydrogen-bond acceptors (Lipinski definition) is 7. The zero-order valence-electron chi connectivity index (χ0n) is 16.0. The van der Waals surface area contributed by atoms with Gasteiger partial charge in [0.15, 0.2) is 6.61 Å². The summed E-state index contributed by atoms with van der Waals surface area (Å²) in [7, 11) is 0. The van der Waals surface area contributed by atoms with Gasteiger partial charge in [-0.05, 0) is 12.1 Å². The van der Waals surface area contributed by atoms with Gasteiger partial charge in [-0.25, -0.2) is 0 Å². The van der Waals surface area contributed by atoms with Crippen molar-refractivity contribution in [3.05, 3.63) is 75.5 Å². The average molecular weight is 421 g/mol. The van der Waals surface area contributed by atoms with Crippen LogP contribution in [0.1, 0.15) is 37.5 Å². The van der Waals surface area contributed by atoms with Crippen molar-refractivity contribution in [2.75, 3.05) is 13.2 Å². The Morgan fingerprint density at radius 3 is 2.61 bits per heavy atom. The maximum Gasteiger partial charge on any atom is 0.308 e. The molecule has 0 bridgehead atoms. The van der Waals surface area contributed by atoms with E-state index in [1.807, 2.05) is 12.1 Å². The lowest BCUT2D eigenvalue weighted by atomic mass is 10.1. The van der Waals surface area contributed by atoms with Gasteiger partial charge in [-0.15, -0.1) is 0 Å². The second kappa shape index (κ2) is 7.82. The van der Waals surface area contributed by atoms with Crippen molar-refractivity contribution >= 4 is 40.2 Å². The van der Waals surface area contributed by atoms with Crippen LogP contribution in [0, 0.1) is 10.1 Å². The molecule has 0 aliphatic carbocycles. The van der Waals surface area contributed by atoms with Crippen LogP contribution in [-0.4, -0.2) is 51.5 Å². The van der Waals surface area contributed by atoms with E-state index in [2.05, 4.69) is 4.98 Å². The molecule has 31 heavy (non-hydrogen) atoms. The van der Waals surface area contributed by atoms with Crippen molar-refractivity contribution in [3.63, 3.8) is 0 Å². The first kappa shape index (κ1) is 20.0. The summed E-state index contributed by atoms with van der Waals surface area (Å²) in [5.41, 5.74) is 0.320. The van der Waals surface area contributed by atoms with Gasteiger partial charge < -0.3 is 9.72 Å². The van der Waals surface area contributed by atoms with Crippen molar-refractivity contribution in [2.45, 2.75) is 6.42 Å². The molecule has 0 radical (unpaired) electrons. The monoisotopic (exact) mass is 421 g/mol. The molecule has 156 valence electrons. The summed E-state index contributed by atoms with van der Waals surface area (Å²) < 4.78 is 4.99. The van der Waals surface area contributed by atoms with E-state index in [0.717, 1.165) is 16.5 Å². The first-order valence-corrected chi connectivity index (χ1v) is 9.27. The number of ether oxygens (including phenoxy) is 1. The van der Waals surface area contributed by atoms with Crippen molar-refractivity contribution < 1.29 is 28.8 Å². The summed E-state index contributed by atoms with van der Waals surface area (Å²) in [5, 5.41) is 11.8. The number of nitro benzene ring substituents is 1. The van der Waals surface area contributed by atoms with Gasteiger partial charge in [-0.1, -0.05) is 24.3 Å². The minimum atomic E-state index is -0.838. The number of rotatable bonds is 7. The Bertz CT molecular complexity index is 1260. The van der Waals surface area contributed by atoms with E-state index in [9.17, 15) is 29.3 Å². The maximum absolute atomic E-state index is 12.5. The highest BCUT2D eigenvalue weighted by Crippen LogP contribution is 2.30. The van der Waals surface area contributed by atoms with Gasteiger partial charge in [-0.3, -0.25) is 34.2 Å². The number of nitrogens with one attached hydrogen (secondary N) is 1. The number of H-pyrrole nitrogens is 1. The van der Waals surface area contributed by atoms with Gasteiger partial charge in [0.1, 0.15) is 5.56 Å². The molecule has 0 atom stereocenters. The molecule has 0 spiro atoms. The number of hydrogen-bond donors (Lipinski definition) is 1. The van der Waals surface area contributed by atoms with Gasteiger partial charge >= 0.3 is 5.97 Å². The maximum atomic E-state index is 12.5. The lowest BCUT2D eigenvalue weighted by Crippen LogP contribution is -2.32. The molecule has 1 aromatic heterocycles. The highest BCUT2D eigenvalue weighted by atomic mass is 16.6. The van der Waals surface area contributed by atoms with E-state index < -0.39 is 40.8 Å². The van der Waals surface area contributed by atoms with Crippen LogP contribution in [0.5, 0.6) is 0 Å². The third-order valence-electron chi connectivity index (χ3n) is 4.97. The molecule has 2 amide bonds. The molecule has 0 unspecified atom stereocenters. The van der Waals surface area contributed by atoms with Crippen molar-refractivity contribution in [2.24, 2.45) is 0 Å². The molecule has 1 N–H and O–H groups in total. The molecule has 4 rings (SSSR count). The largest absolute Gasteiger partial charge is 0.457 e. The zero-order chi connectivity index (χ0) is 22.1. The third kappa shape index (κ3) is 3.54. The van der Waals surface area contributed by atoms with Crippen LogP contribution in [0.4, 0.5) is 5.69 Å². The number of nitro groups is 1. The Morgan fingerprint density at radius 1 is 1.06 bits per heavy atom. The van der Waals surface area contributed by atoms with Crippen LogP contribution < -0.4 is 0 Å². The Hall–Kier alpha value is -4.34. The van der Waals surface area contributed by atoms with Crippen LogP contribution in [0.25, 0.3) is 10.9 Å². The highest BCUT2D eigenvalue weighted by molar-refractivity contribution is 6.23.